The average molecular weight is 921 g/mol. The van der Waals surface area contributed by atoms with E-state index in [0.717, 1.165) is 101 Å². The number of benzene rings is 9. The quantitative estimate of drug-likeness (QED) is 0.167. The highest BCUT2D eigenvalue weighted by atomic mass is 15.1. The van der Waals surface area contributed by atoms with Crippen LogP contribution in [0.3, 0.4) is 0 Å². The number of hydrogen-bond donors (Lipinski definition) is 0. The molecule has 0 amide bonds. The Hall–Kier alpha value is -9.52. The van der Waals surface area contributed by atoms with E-state index >= 15 is 0 Å². The SMILES string of the molecule is Cc1cc(-c2c(-n3c4ccccc4c4ccccc43)c(-c3ccccn3)c(-n3c4ccccc4c4ccccc43)c(-n3c4ccccc4c4ccccc43)c2-n2c3ccccc3c3ccccc32)cc(C)n1. The van der Waals surface area contributed by atoms with Crippen LogP contribution in [0.15, 0.2) is 231 Å². The van der Waals surface area contributed by atoms with Gasteiger partial charge in [0.25, 0.3) is 0 Å². The molecule has 15 aromatic rings. The van der Waals surface area contributed by atoms with Crippen LogP contribution in [-0.2, 0) is 0 Å². The van der Waals surface area contributed by atoms with E-state index in [2.05, 4.69) is 251 Å². The summed E-state index contributed by atoms with van der Waals surface area (Å²) in [6.45, 7) is 4.24. The molecule has 6 heteroatoms. The first-order chi connectivity index (χ1) is 35.6. The van der Waals surface area contributed by atoms with Crippen LogP contribution in [0, 0.1) is 13.8 Å². The Kier molecular flexibility index (Phi) is 8.69. The third-order valence-corrected chi connectivity index (χ3v) is 14.9. The molecule has 0 saturated carbocycles. The van der Waals surface area contributed by atoms with Crippen LogP contribution in [0.5, 0.6) is 0 Å². The Morgan fingerprint density at radius 1 is 0.278 bits per heavy atom. The van der Waals surface area contributed by atoms with Crippen molar-refractivity contribution in [1.82, 2.24) is 28.2 Å². The van der Waals surface area contributed by atoms with Gasteiger partial charge in [-0.15, -0.1) is 0 Å². The molecule has 0 atom stereocenters. The fourth-order valence-corrected chi connectivity index (χ4v) is 12.2. The van der Waals surface area contributed by atoms with E-state index in [1.54, 1.807) is 0 Å². The van der Waals surface area contributed by atoms with E-state index in [-0.39, 0.29) is 0 Å². The van der Waals surface area contributed by atoms with E-state index in [1.165, 1.54) is 43.1 Å². The third kappa shape index (κ3) is 5.66. The third-order valence-electron chi connectivity index (χ3n) is 14.9. The van der Waals surface area contributed by atoms with Crippen LogP contribution < -0.4 is 0 Å². The van der Waals surface area contributed by atoms with Gasteiger partial charge in [0.15, 0.2) is 0 Å². The van der Waals surface area contributed by atoms with E-state index < -0.39 is 0 Å². The summed E-state index contributed by atoms with van der Waals surface area (Å²) in [4.78, 5) is 10.5. The first-order valence-electron chi connectivity index (χ1n) is 24.7. The number of fused-ring (bicyclic) bond motifs is 12. The van der Waals surface area contributed by atoms with Crippen molar-refractivity contribution < 1.29 is 0 Å². The van der Waals surface area contributed by atoms with Crippen LogP contribution in [0.25, 0.3) is 132 Å². The van der Waals surface area contributed by atoms with Gasteiger partial charge in [-0.25, -0.2) is 0 Å². The predicted octanol–water partition coefficient (Wildman–Crippen LogP) is 16.8. The molecule has 0 bridgehead atoms. The molecule has 0 N–H and O–H groups in total. The summed E-state index contributed by atoms with van der Waals surface area (Å²) in [5, 5.41) is 9.42. The zero-order chi connectivity index (χ0) is 47.6. The standard InChI is InChI=1S/C66H44N6/c1-41-39-43(40-42(2)68-41)61-63(69-53-30-11-3-21-44(53)45-22-4-12-31-54(45)69)62(52-29-19-20-38-67-52)65(71-57-34-15-7-25-48(57)49-26-8-16-35-58(49)71)66(72-59-36-17-9-27-50(59)51-28-10-18-37-60(51)72)64(61)70-55-32-13-5-23-46(55)47-24-6-14-33-56(47)70/h3-40H,1-2H3. The zero-order valence-electron chi connectivity index (χ0n) is 39.6. The maximum Gasteiger partial charge on any atom is 0.0962 e. The molecule has 72 heavy (non-hydrogen) atoms. The molecule has 6 aromatic heterocycles. The van der Waals surface area contributed by atoms with Gasteiger partial charge in [0.1, 0.15) is 0 Å². The van der Waals surface area contributed by atoms with Crippen LogP contribution in [0.2, 0.25) is 0 Å². The maximum absolute atomic E-state index is 5.46. The number of aromatic nitrogens is 6. The number of rotatable bonds is 6. The highest BCUT2D eigenvalue weighted by molar-refractivity contribution is 6.18. The lowest BCUT2D eigenvalue weighted by molar-refractivity contribution is 1.03. The Balaban J connectivity index is 1.36. The number of pyridine rings is 2. The topological polar surface area (TPSA) is 45.5 Å². The number of aryl methyl sites for hydroxylation is 2. The van der Waals surface area contributed by atoms with Crippen LogP contribution >= 0.6 is 0 Å². The molecule has 0 aliphatic rings. The van der Waals surface area contributed by atoms with Gasteiger partial charge in [-0.05, 0) is 92.2 Å². The molecule has 0 aliphatic heterocycles. The van der Waals surface area contributed by atoms with Crippen molar-refractivity contribution in [3.63, 3.8) is 0 Å². The molecular weight excluding hydrogens is 877 g/mol. The monoisotopic (exact) mass is 920 g/mol. The minimum atomic E-state index is 0.853. The molecular formula is C66H44N6. The van der Waals surface area contributed by atoms with Crippen molar-refractivity contribution in [1.29, 1.82) is 0 Å². The number of nitrogens with zero attached hydrogens (tertiary/aromatic N) is 6. The Morgan fingerprint density at radius 2 is 0.556 bits per heavy atom. The molecule has 0 radical (unpaired) electrons. The van der Waals surface area contributed by atoms with Crippen molar-refractivity contribution in [2.75, 3.05) is 0 Å². The molecule has 9 aromatic carbocycles. The van der Waals surface area contributed by atoms with Gasteiger partial charge in [-0.3, -0.25) is 9.97 Å². The normalized spacial score (nSPS) is 12.0. The summed E-state index contributed by atoms with van der Waals surface area (Å²) in [5.74, 6) is 0. The minimum absolute atomic E-state index is 0.853. The summed E-state index contributed by atoms with van der Waals surface area (Å²) in [6, 6.07) is 82.2. The van der Waals surface area contributed by atoms with E-state index in [4.69, 9.17) is 9.97 Å². The van der Waals surface area contributed by atoms with E-state index in [9.17, 15) is 0 Å². The number of hydrogen-bond acceptors (Lipinski definition) is 2. The van der Waals surface area contributed by atoms with Crippen LogP contribution in [0.4, 0.5) is 0 Å². The lowest BCUT2D eigenvalue weighted by Crippen LogP contribution is -2.16. The summed E-state index contributed by atoms with van der Waals surface area (Å²) in [6.07, 6.45) is 1.95. The van der Waals surface area contributed by atoms with Crippen molar-refractivity contribution in [2.24, 2.45) is 0 Å². The summed E-state index contributed by atoms with van der Waals surface area (Å²) >= 11 is 0. The molecule has 0 saturated heterocycles. The Labute approximate surface area is 414 Å². The fraction of sp³-hybridized carbons (Fsp3) is 0.0303. The van der Waals surface area contributed by atoms with Crippen molar-refractivity contribution in [2.45, 2.75) is 13.8 Å². The molecule has 338 valence electrons. The van der Waals surface area contributed by atoms with Gasteiger partial charge in [0, 0.05) is 66.2 Å². The smallest absolute Gasteiger partial charge is 0.0962 e. The van der Waals surface area contributed by atoms with E-state index in [1.807, 2.05) is 12.3 Å². The highest BCUT2D eigenvalue weighted by Gasteiger charge is 2.35. The van der Waals surface area contributed by atoms with Gasteiger partial charge in [0.05, 0.1) is 78.1 Å². The molecule has 0 unspecified atom stereocenters. The van der Waals surface area contributed by atoms with Crippen LogP contribution in [0.1, 0.15) is 11.4 Å². The second-order valence-electron chi connectivity index (χ2n) is 19.0. The van der Waals surface area contributed by atoms with E-state index in [0.29, 0.717) is 0 Å². The summed E-state index contributed by atoms with van der Waals surface area (Å²) in [7, 11) is 0. The first kappa shape index (κ1) is 40.4. The number of para-hydroxylation sites is 8. The fourth-order valence-electron chi connectivity index (χ4n) is 12.2. The largest absolute Gasteiger partial charge is 0.308 e. The van der Waals surface area contributed by atoms with Crippen molar-refractivity contribution in [3.8, 4) is 45.1 Å². The van der Waals surface area contributed by atoms with Gasteiger partial charge in [-0.2, -0.15) is 0 Å². The average Bonchev–Trinajstić information content (AvgIpc) is 4.16. The van der Waals surface area contributed by atoms with Gasteiger partial charge in [-0.1, -0.05) is 152 Å². The molecule has 15 rings (SSSR count). The van der Waals surface area contributed by atoms with Crippen molar-refractivity contribution in [3.05, 3.63) is 242 Å². The van der Waals surface area contributed by atoms with Gasteiger partial charge >= 0.3 is 0 Å². The lowest BCUT2D eigenvalue weighted by Gasteiger charge is -2.31. The highest BCUT2D eigenvalue weighted by Crippen LogP contribution is 2.54. The summed E-state index contributed by atoms with van der Waals surface area (Å²) in [5.41, 5.74) is 18.8. The summed E-state index contributed by atoms with van der Waals surface area (Å²) < 4.78 is 10.2. The van der Waals surface area contributed by atoms with Gasteiger partial charge in [0.2, 0.25) is 0 Å². The predicted molar refractivity (Wildman–Crippen MR) is 300 cm³/mol. The van der Waals surface area contributed by atoms with Gasteiger partial charge < -0.3 is 18.3 Å². The second-order valence-corrected chi connectivity index (χ2v) is 19.0. The first-order valence-corrected chi connectivity index (χ1v) is 24.7. The molecule has 6 heterocycles. The molecule has 0 spiro atoms. The molecule has 0 aliphatic carbocycles. The molecule has 6 nitrogen and oxygen atoms in total. The minimum Gasteiger partial charge on any atom is -0.308 e. The van der Waals surface area contributed by atoms with Crippen molar-refractivity contribution >= 4 is 87.2 Å². The molecule has 0 fully saturated rings. The lowest BCUT2D eigenvalue weighted by atomic mass is 9.91. The Bertz CT molecular complexity index is 4480. The zero-order valence-corrected chi connectivity index (χ0v) is 39.6. The maximum atomic E-state index is 5.46. The Morgan fingerprint density at radius 3 is 0.875 bits per heavy atom. The second kappa shape index (κ2) is 15.5. The van der Waals surface area contributed by atoms with Crippen LogP contribution in [-0.4, -0.2) is 28.2 Å².